The number of methoxy groups -OCH3 is 1. The maximum Gasteiger partial charge on any atom is 0.324 e. The number of esters is 1. The molecule has 82 valence electrons. The largest absolute Gasteiger partial charge is 0.503 e. The number of hydrogen-bond acceptors (Lipinski definition) is 5. The van der Waals surface area contributed by atoms with Gasteiger partial charge in [-0.1, -0.05) is 0 Å². The first kappa shape index (κ1) is 11.3. The van der Waals surface area contributed by atoms with E-state index in [9.17, 15) is 9.59 Å². The normalized spacial score (nSPS) is 12.1. The smallest absolute Gasteiger partial charge is 0.324 e. The summed E-state index contributed by atoms with van der Waals surface area (Å²) in [6, 6.07) is 0.371. The summed E-state index contributed by atoms with van der Waals surface area (Å²) >= 11 is 0. The molecule has 1 aromatic heterocycles. The molecule has 0 amide bonds. The topological polar surface area (TPSA) is 94.5 Å². The molecule has 0 saturated heterocycles. The Labute approximate surface area is 85.9 Å². The van der Waals surface area contributed by atoms with E-state index >= 15 is 0 Å². The number of hydrogen-bond donors (Lipinski definition) is 2. The molecule has 1 aromatic rings. The Bertz CT molecular complexity index is 413. The van der Waals surface area contributed by atoms with Crippen LogP contribution in [0.4, 0.5) is 0 Å². The maximum absolute atomic E-state index is 11.0. The van der Waals surface area contributed by atoms with Crippen molar-refractivity contribution in [2.24, 2.45) is 5.73 Å². The summed E-state index contributed by atoms with van der Waals surface area (Å²) in [5, 5.41) is 9.12. The van der Waals surface area contributed by atoms with Gasteiger partial charge in [0.15, 0.2) is 5.75 Å². The van der Waals surface area contributed by atoms with E-state index in [0.717, 1.165) is 0 Å². The van der Waals surface area contributed by atoms with Crippen LogP contribution in [0.3, 0.4) is 0 Å². The van der Waals surface area contributed by atoms with Gasteiger partial charge in [-0.25, -0.2) is 0 Å². The second-order valence-corrected chi connectivity index (χ2v) is 3.02. The minimum absolute atomic E-state index is 0.139. The van der Waals surface area contributed by atoms with E-state index in [2.05, 4.69) is 4.74 Å². The fourth-order valence-corrected chi connectivity index (χ4v) is 1.08. The predicted octanol–water partition coefficient (Wildman–Crippen LogP) is -0.946. The quantitative estimate of drug-likeness (QED) is 0.630. The first-order valence-corrected chi connectivity index (χ1v) is 4.27. The Morgan fingerprint density at radius 2 is 2.40 bits per heavy atom. The molecule has 0 saturated carbocycles. The van der Waals surface area contributed by atoms with Gasteiger partial charge in [-0.3, -0.25) is 9.59 Å². The lowest BCUT2D eigenvalue weighted by atomic mass is 10.3. The second kappa shape index (κ2) is 4.61. The first-order valence-electron chi connectivity index (χ1n) is 4.27. The van der Waals surface area contributed by atoms with E-state index in [0.29, 0.717) is 0 Å². The lowest BCUT2D eigenvalue weighted by molar-refractivity contribution is -0.142. The van der Waals surface area contributed by atoms with E-state index in [4.69, 9.17) is 10.8 Å². The molecule has 0 aliphatic carbocycles. The van der Waals surface area contributed by atoms with Crippen molar-refractivity contribution in [3.05, 3.63) is 28.7 Å². The van der Waals surface area contributed by atoms with Crippen molar-refractivity contribution in [1.82, 2.24) is 4.57 Å². The zero-order valence-electron chi connectivity index (χ0n) is 8.21. The highest BCUT2D eigenvalue weighted by atomic mass is 16.5. The van der Waals surface area contributed by atoms with Crippen LogP contribution in [-0.2, 0) is 16.1 Å². The van der Waals surface area contributed by atoms with Crippen LogP contribution in [0.5, 0.6) is 5.75 Å². The van der Waals surface area contributed by atoms with Crippen LogP contribution in [0, 0.1) is 0 Å². The summed E-state index contributed by atoms with van der Waals surface area (Å²) in [5.74, 6) is -0.928. The molecule has 15 heavy (non-hydrogen) atoms. The van der Waals surface area contributed by atoms with Crippen LogP contribution in [0.2, 0.25) is 0 Å². The highest BCUT2D eigenvalue weighted by Gasteiger charge is 2.13. The summed E-state index contributed by atoms with van der Waals surface area (Å²) in [6.07, 6.45) is 2.65. The molecule has 1 heterocycles. The molecule has 0 unspecified atom stereocenters. The summed E-state index contributed by atoms with van der Waals surface area (Å²) < 4.78 is 5.88. The number of pyridine rings is 1. The Kier molecular flexibility index (Phi) is 3.46. The number of aromatic hydroxyl groups is 1. The van der Waals surface area contributed by atoms with E-state index in [-0.39, 0.29) is 12.3 Å². The fourth-order valence-electron chi connectivity index (χ4n) is 1.08. The lowest BCUT2D eigenvalue weighted by Gasteiger charge is -2.11. The average Bonchev–Trinajstić information content (AvgIpc) is 2.22. The number of nitrogens with zero attached hydrogens (tertiary/aromatic N) is 1. The van der Waals surface area contributed by atoms with Gasteiger partial charge in [0.25, 0.3) is 0 Å². The van der Waals surface area contributed by atoms with Crippen LogP contribution < -0.4 is 11.2 Å². The third kappa shape index (κ3) is 2.81. The lowest BCUT2D eigenvalue weighted by Crippen LogP contribution is -2.35. The molecule has 1 atom stereocenters. The van der Waals surface area contributed by atoms with Crippen molar-refractivity contribution < 1.29 is 14.6 Å². The zero-order valence-corrected chi connectivity index (χ0v) is 8.21. The number of aromatic nitrogens is 1. The first-order chi connectivity index (χ1) is 7.04. The number of carbonyl (C=O) groups excluding carboxylic acids is 1. The number of ether oxygens (including phenoxy) is 1. The van der Waals surface area contributed by atoms with Gasteiger partial charge in [-0.15, -0.1) is 0 Å². The van der Waals surface area contributed by atoms with Crippen molar-refractivity contribution in [1.29, 1.82) is 0 Å². The summed E-state index contributed by atoms with van der Waals surface area (Å²) in [4.78, 5) is 21.8. The Morgan fingerprint density at radius 3 is 2.93 bits per heavy atom. The van der Waals surface area contributed by atoms with Crippen molar-refractivity contribution in [3.8, 4) is 5.75 Å². The van der Waals surface area contributed by atoms with Crippen molar-refractivity contribution >= 4 is 5.97 Å². The van der Waals surface area contributed by atoms with Crippen LogP contribution >= 0.6 is 0 Å². The molecule has 0 radical (unpaired) electrons. The molecule has 6 nitrogen and oxygen atoms in total. The molecule has 3 N–H and O–H groups in total. The van der Waals surface area contributed by atoms with Gasteiger partial charge < -0.3 is 20.1 Å². The standard InChI is InChI=1S/C9H12N2O4/c1-15-9(14)6(10)4-11-3-2-7(12)8(13)5-11/h2-3,5-6,13H,4,10H2,1H3/t6-/m1/s1. The summed E-state index contributed by atoms with van der Waals surface area (Å²) in [6.45, 7) is 0.139. The van der Waals surface area contributed by atoms with Gasteiger partial charge in [0.05, 0.1) is 7.11 Å². The van der Waals surface area contributed by atoms with Gasteiger partial charge in [-0.05, 0) is 0 Å². The predicted molar refractivity (Wildman–Crippen MR) is 52.4 cm³/mol. The molecule has 0 aromatic carbocycles. The zero-order chi connectivity index (χ0) is 11.4. The summed E-state index contributed by atoms with van der Waals surface area (Å²) in [5.41, 5.74) is 5.02. The third-order valence-electron chi connectivity index (χ3n) is 1.87. The van der Waals surface area contributed by atoms with Gasteiger partial charge in [0, 0.05) is 25.0 Å². The van der Waals surface area contributed by atoms with Crippen molar-refractivity contribution in [2.45, 2.75) is 12.6 Å². The van der Waals surface area contributed by atoms with Crippen LogP contribution in [0.25, 0.3) is 0 Å². The highest BCUT2D eigenvalue weighted by Crippen LogP contribution is 2.00. The molecule has 0 fully saturated rings. The van der Waals surface area contributed by atoms with E-state index in [1.807, 2.05) is 0 Å². The number of rotatable bonds is 3. The highest BCUT2D eigenvalue weighted by molar-refractivity contribution is 5.75. The number of nitrogens with two attached hydrogens (primary N) is 1. The van der Waals surface area contributed by atoms with Crippen molar-refractivity contribution in [3.63, 3.8) is 0 Å². The molecule has 0 bridgehead atoms. The van der Waals surface area contributed by atoms with Crippen molar-refractivity contribution in [2.75, 3.05) is 7.11 Å². The van der Waals surface area contributed by atoms with Gasteiger partial charge >= 0.3 is 5.97 Å². The van der Waals surface area contributed by atoms with E-state index in [1.54, 1.807) is 0 Å². The maximum atomic E-state index is 11.0. The van der Waals surface area contributed by atoms with E-state index in [1.165, 1.54) is 30.1 Å². The second-order valence-electron chi connectivity index (χ2n) is 3.02. The molecular formula is C9H12N2O4. The monoisotopic (exact) mass is 212 g/mol. The SMILES string of the molecule is COC(=O)[C@H](N)Cn1ccc(=O)c(O)c1. The molecule has 1 rings (SSSR count). The Balaban J connectivity index is 2.77. The molecule has 0 spiro atoms. The van der Waals surface area contributed by atoms with Crippen LogP contribution in [0.1, 0.15) is 0 Å². The number of carbonyl (C=O) groups is 1. The fraction of sp³-hybridized carbons (Fsp3) is 0.333. The molecular weight excluding hydrogens is 200 g/mol. The molecule has 0 aliphatic heterocycles. The summed E-state index contributed by atoms with van der Waals surface area (Å²) in [7, 11) is 1.24. The van der Waals surface area contributed by atoms with Crippen LogP contribution in [-0.4, -0.2) is 28.8 Å². The minimum atomic E-state index is -0.822. The Hall–Kier alpha value is -1.82. The minimum Gasteiger partial charge on any atom is -0.503 e. The Morgan fingerprint density at radius 1 is 1.73 bits per heavy atom. The molecule has 6 heteroatoms. The average molecular weight is 212 g/mol. The third-order valence-corrected chi connectivity index (χ3v) is 1.87. The van der Waals surface area contributed by atoms with Crippen LogP contribution in [0.15, 0.2) is 23.3 Å². The van der Waals surface area contributed by atoms with Gasteiger partial charge in [0.2, 0.25) is 5.43 Å². The van der Waals surface area contributed by atoms with Gasteiger partial charge in [0.1, 0.15) is 6.04 Å². The van der Waals surface area contributed by atoms with Gasteiger partial charge in [-0.2, -0.15) is 0 Å². The molecule has 0 aliphatic rings. The van der Waals surface area contributed by atoms with E-state index < -0.39 is 17.4 Å².